The molecule has 0 aliphatic heterocycles. The molecule has 2 rings (SSSR count). The molecule has 16 heavy (non-hydrogen) atoms. The zero-order chi connectivity index (χ0) is 11.7. The third kappa shape index (κ3) is 2.46. The Morgan fingerprint density at radius 3 is 2.69 bits per heavy atom. The molecular weight excluding hydrogens is 222 g/mol. The number of aryl methyl sites for hydroxylation is 1. The van der Waals surface area contributed by atoms with E-state index in [0.29, 0.717) is 11.2 Å². The van der Waals surface area contributed by atoms with E-state index in [2.05, 4.69) is 29.1 Å². The molecule has 0 aromatic carbocycles. The van der Waals surface area contributed by atoms with Crippen molar-refractivity contribution in [2.45, 2.75) is 46.1 Å². The van der Waals surface area contributed by atoms with Crippen molar-refractivity contribution >= 4 is 17.4 Å². The van der Waals surface area contributed by atoms with Gasteiger partial charge in [0.2, 0.25) is 0 Å². The standard InChI is InChI=1S/C12H18ClN3/c1-4-5-10-15-11(13)8(3)12(16-10)14-9-6-7(9)2/h7,9H,4-6H2,1-3H3,(H,14,15,16). The lowest BCUT2D eigenvalue weighted by atomic mass is 10.3. The van der Waals surface area contributed by atoms with Crippen molar-refractivity contribution in [3.63, 3.8) is 0 Å². The Kier molecular flexibility index (Phi) is 3.33. The van der Waals surface area contributed by atoms with Gasteiger partial charge >= 0.3 is 0 Å². The zero-order valence-corrected chi connectivity index (χ0v) is 10.8. The summed E-state index contributed by atoms with van der Waals surface area (Å²) in [5.41, 5.74) is 0.959. The molecule has 2 atom stereocenters. The second-order valence-corrected chi connectivity index (χ2v) is 4.98. The summed E-state index contributed by atoms with van der Waals surface area (Å²) >= 11 is 6.10. The van der Waals surface area contributed by atoms with Gasteiger partial charge in [-0.2, -0.15) is 0 Å². The normalized spacial score (nSPS) is 23.2. The number of rotatable bonds is 4. The minimum atomic E-state index is 0.569. The van der Waals surface area contributed by atoms with Crippen LogP contribution < -0.4 is 5.32 Å². The van der Waals surface area contributed by atoms with Crippen LogP contribution in [0.4, 0.5) is 5.82 Å². The summed E-state index contributed by atoms with van der Waals surface area (Å²) in [6.45, 7) is 6.32. The lowest BCUT2D eigenvalue weighted by Gasteiger charge is -2.10. The second-order valence-electron chi connectivity index (χ2n) is 4.62. The molecule has 1 heterocycles. The highest BCUT2D eigenvalue weighted by atomic mass is 35.5. The van der Waals surface area contributed by atoms with Crippen LogP contribution in [0.15, 0.2) is 0 Å². The van der Waals surface area contributed by atoms with Gasteiger partial charge in [-0.15, -0.1) is 0 Å². The molecule has 1 aromatic heterocycles. The van der Waals surface area contributed by atoms with Gasteiger partial charge < -0.3 is 5.32 Å². The third-order valence-electron chi connectivity index (χ3n) is 3.04. The van der Waals surface area contributed by atoms with E-state index in [4.69, 9.17) is 11.6 Å². The first kappa shape index (κ1) is 11.6. The van der Waals surface area contributed by atoms with Gasteiger partial charge in [0.25, 0.3) is 0 Å². The van der Waals surface area contributed by atoms with Gasteiger partial charge in [0.05, 0.1) is 0 Å². The molecule has 4 heteroatoms. The molecule has 1 aliphatic carbocycles. The van der Waals surface area contributed by atoms with Gasteiger partial charge in [0.15, 0.2) is 0 Å². The van der Waals surface area contributed by atoms with E-state index < -0.39 is 0 Å². The van der Waals surface area contributed by atoms with Crippen molar-refractivity contribution in [2.75, 3.05) is 5.32 Å². The van der Waals surface area contributed by atoms with Crippen LogP contribution in [-0.2, 0) is 6.42 Å². The fourth-order valence-corrected chi connectivity index (χ4v) is 1.89. The lowest BCUT2D eigenvalue weighted by molar-refractivity contribution is 0.826. The van der Waals surface area contributed by atoms with E-state index in [9.17, 15) is 0 Å². The molecule has 0 spiro atoms. The molecule has 0 bridgehead atoms. The average Bonchev–Trinajstić information content (AvgIpc) is 2.90. The Morgan fingerprint density at radius 1 is 1.44 bits per heavy atom. The molecule has 88 valence electrons. The number of anilines is 1. The van der Waals surface area contributed by atoms with Gasteiger partial charge in [0.1, 0.15) is 16.8 Å². The van der Waals surface area contributed by atoms with Crippen LogP contribution >= 0.6 is 11.6 Å². The minimum absolute atomic E-state index is 0.569. The maximum Gasteiger partial charge on any atom is 0.137 e. The van der Waals surface area contributed by atoms with Crippen molar-refractivity contribution in [1.82, 2.24) is 9.97 Å². The van der Waals surface area contributed by atoms with E-state index >= 15 is 0 Å². The minimum Gasteiger partial charge on any atom is -0.367 e. The fraction of sp³-hybridized carbons (Fsp3) is 0.667. The van der Waals surface area contributed by atoms with Crippen molar-refractivity contribution < 1.29 is 0 Å². The highest BCUT2D eigenvalue weighted by Gasteiger charge is 2.33. The van der Waals surface area contributed by atoms with Crippen molar-refractivity contribution in [1.29, 1.82) is 0 Å². The molecule has 0 saturated heterocycles. The van der Waals surface area contributed by atoms with Crippen molar-refractivity contribution in [3.8, 4) is 0 Å². The molecule has 1 saturated carbocycles. The molecule has 2 unspecified atom stereocenters. The lowest BCUT2D eigenvalue weighted by Crippen LogP contribution is -2.10. The van der Waals surface area contributed by atoms with Crippen molar-refractivity contribution in [3.05, 3.63) is 16.5 Å². The maximum absolute atomic E-state index is 6.10. The Morgan fingerprint density at radius 2 is 2.12 bits per heavy atom. The first-order valence-corrected chi connectivity index (χ1v) is 6.29. The van der Waals surface area contributed by atoms with Gasteiger partial charge in [0, 0.05) is 18.0 Å². The SMILES string of the molecule is CCCc1nc(Cl)c(C)c(NC2CC2C)n1. The molecule has 0 amide bonds. The number of nitrogens with one attached hydrogen (secondary N) is 1. The third-order valence-corrected chi connectivity index (χ3v) is 3.41. The average molecular weight is 240 g/mol. The van der Waals surface area contributed by atoms with Gasteiger partial charge in [-0.3, -0.25) is 0 Å². The fourth-order valence-electron chi connectivity index (χ4n) is 1.71. The van der Waals surface area contributed by atoms with E-state index in [1.54, 1.807) is 0 Å². The Bertz CT molecular complexity index is 392. The summed E-state index contributed by atoms with van der Waals surface area (Å²) < 4.78 is 0. The first-order valence-electron chi connectivity index (χ1n) is 5.91. The summed E-state index contributed by atoms with van der Waals surface area (Å²) in [4.78, 5) is 8.81. The Labute approximate surface area is 102 Å². The zero-order valence-electron chi connectivity index (χ0n) is 10.0. The first-order chi connectivity index (χ1) is 7.61. The Balaban J connectivity index is 2.20. The maximum atomic E-state index is 6.10. The summed E-state index contributed by atoms with van der Waals surface area (Å²) in [5.74, 6) is 2.51. The number of nitrogens with zero attached hydrogens (tertiary/aromatic N) is 2. The van der Waals surface area contributed by atoms with Crippen LogP contribution in [0, 0.1) is 12.8 Å². The smallest absolute Gasteiger partial charge is 0.137 e. The summed E-state index contributed by atoms with van der Waals surface area (Å²) in [7, 11) is 0. The van der Waals surface area contributed by atoms with E-state index in [1.165, 1.54) is 6.42 Å². The van der Waals surface area contributed by atoms with Crippen LogP contribution in [0.5, 0.6) is 0 Å². The monoisotopic (exact) mass is 239 g/mol. The van der Waals surface area contributed by atoms with Crippen molar-refractivity contribution in [2.24, 2.45) is 5.92 Å². The van der Waals surface area contributed by atoms with Crippen LogP contribution in [0.2, 0.25) is 5.15 Å². The van der Waals surface area contributed by atoms with Crippen LogP contribution in [0.3, 0.4) is 0 Å². The molecule has 3 nitrogen and oxygen atoms in total. The number of hydrogen-bond donors (Lipinski definition) is 1. The van der Waals surface area contributed by atoms with Gasteiger partial charge in [-0.05, 0) is 25.7 Å². The Hall–Kier alpha value is -0.830. The molecule has 1 aliphatic rings. The van der Waals surface area contributed by atoms with E-state index in [1.807, 2.05) is 6.92 Å². The number of aromatic nitrogens is 2. The molecule has 1 fully saturated rings. The van der Waals surface area contributed by atoms with Crippen LogP contribution in [0.25, 0.3) is 0 Å². The van der Waals surface area contributed by atoms with Crippen LogP contribution in [-0.4, -0.2) is 16.0 Å². The van der Waals surface area contributed by atoms with E-state index in [0.717, 1.165) is 36.0 Å². The molecule has 1 N–H and O–H groups in total. The highest BCUT2D eigenvalue weighted by Crippen LogP contribution is 2.33. The van der Waals surface area contributed by atoms with Gasteiger partial charge in [-0.25, -0.2) is 9.97 Å². The quantitative estimate of drug-likeness (QED) is 0.820. The predicted molar refractivity (Wildman–Crippen MR) is 67.0 cm³/mol. The summed E-state index contributed by atoms with van der Waals surface area (Å²) in [6, 6.07) is 0.569. The predicted octanol–water partition coefficient (Wildman–Crippen LogP) is 3.21. The topological polar surface area (TPSA) is 37.8 Å². The highest BCUT2D eigenvalue weighted by molar-refractivity contribution is 6.30. The number of halogens is 1. The van der Waals surface area contributed by atoms with Crippen LogP contribution in [0.1, 0.15) is 38.1 Å². The largest absolute Gasteiger partial charge is 0.367 e. The number of hydrogen-bond acceptors (Lipinski definition) is 3. The second kappa shape index (κ2) is 4.58. The molecular formula is C12H18ClN3. The summed E-state index contributed by atoms with van der Waals surface area (Å²) in [5, 5.41) is 4.02. The molecule has 1 aromatic rings. The molecule has 0 radical (unpaired) electrons. The van der Waals surface area contributed by atoms with E-state index in [-0.39, 0.29) is 0 Å². The van der Waals surface area contributed by atoms with Gasteiger partial charge in [-0.1, -0.05) is 25.4 Å². The summed E-state index contributed by atoms with van der Waals surface area (Å²) in [6.07, 6.45) is 3.15.